The molecule has 3 rings (SSSR count). The van der Waals surface area contributed by atoms with Gasteiger partial charge in [-0.25, -0.2) is 8.42 Å². The number of sulfonamides is 1. The second-order valence-electron chi connectivity index (χ2n) is 7.11. The molecule has 29 heavy (non-hydrogen) atoms. The van der Waals surface area contributed by atoms with Gasteiger partial charge in [-0.2, -0.15) is 4.31 Å². The second-order valence-corrected chi connectivity index (χ2v) is 9.02. The van der Waals surface area contributed by atoms with Gasteiger partial charge in [0.1, 0.15) is 12.4 Å². The lowest BCUT2D eigenvalue weighted by Gasteiger charge is -2.34. The number of nitro benzene ring substituents is 1. The molecule has 0 aliphatic carbocycles. The molecule has 0 bridgehead atoms. The Bertz CT molecular complexity index is 968. The van der Waals surface area contributed by atoms with Crippen LogP contribution in [-0.2, 0) is 10.0 Å². The standard InChI is InChI=1S/C20H25N3O5S/c1-16-3-7-19(8-4-16)28-14-13-21-9-11-22(12-10-21)29(26,27)20-15-18(23(24)25)6-5-17(20)2/h3-8,15H,9-14H2,1-2H3. The minimum absolute atomic E-state index is 0.00264. The summed E-state index contributed by atoms with van der Waals surface area (Å²) in [6.45, 7) is 6.76. The average Bonchev–Trinajstić information content (AvgIpc) is 2.70. The predicted octanol–water partition coefficient (Wildman–Crippen LogP) is 2.60. The van der Waals surface area contributed by atoms with E-state index in [1.165, 1.54) is 22.0 Å². The highest BCUT2D eigenvalue weighted by molar-refractivity contribution is 7.89. The van der Waals surface area contributed by atoms with Gasteiger partial charge in [0.2, 0.25) is 10.0 Å². The zero-order valence-corrected chi connectivity index (χ0v) is 17.4. The van der Waals surface area contributed by atoms with E-state index in [0.717, 1.165) is 11.8 Å². The number of ether oxygens (including phenoxy) is 1. The molecule has 0 aromatic heterocycles. The van der Waals surface area contributed by atoms with Gasteiger partial charge in [0.25, 0.3) is 5.69 Å². The Kier molecular flexibility index (Phi) is 6.51. The Labute approximate surface area is 170 Å². The van der Waals surface area contributed by atoms with Gasteiger partial charge in [-0.05, 0) is 31.5 Å². The molecule has 0 spiro atoms. The first kappa shape index (κ1) is 21.2. The predicted molar refractivity (Wildman–Crippen MR) is 110 cm³/mol. The van der Waals surface area contributed by atoms with Crippen molar-refractivity contribution in [3.8, 4) is 5.75 Å². The molecule has 2 aromatic rings. The molecule has 0 atom stereocenters. The molecule has 1 fully saturated rings. The first-order valence-corrected chi connectivity index (χ1v) is 10.9. The van der Waals surface area contributed by atoms with Gasteiger partial charge in [-0.15, -0.1) is 0 Å². The van der Waals surface area contributed by atoms with Crippen molar-refractivity contribution in [3.63, 3.8) is 0 Å². The lowest BCUT2D eigenvalue weighted by Crippen LogP contribution is -2.49. The maximum absolute atomic E-state index is 13.0. The lowest BCUT2D eigenvalue weighted by atomic mass is 10.2. The van der Waals surface area contributed by atoms with Crippen LogP contribution in [0.25, 0.3) is 0 Å². The van der Waals surface area contributed by atoms with Crippen molar-refractivity contribution in [3.05, 3.63) is 63.7 Å². The zero-order valence-electron chi connectivity index (χ0n) is 16.6. The van der Waals surface area contributed by atoms with Crippen molar-refractivity contribution < 1.29 is 18.1 Å². The SMILES string of the molecule is Cc1ccc(OCCN2CCN(S(=O)(=O)c3cc([N+](=O)[O-])ccc3C)CC2)cc1. The average molecular weight is 420 g/mol. The maximum atomic E-state index is 13.0. The summed E-state index contributed by atoms with van der Waals surface area (Å²) >= 11 is 0. The molecule has 1 aliphatic rings. The van der Waals surface area contributed by atoms with Crippen molar-refractivity contribution in [2.45, 2.75) is 18.7 Å². The van der Waals surface area contributed by atoms with Crippen molar-refractivity contribution in [2.24, 2.45) is 0 Å². The third-order valence-corrected chi connectivity index (χ3v) is 7.07. The van der Waals surface area contributed by atoms with Crippen molar-refractivity contribution in [1.82, 2.24) is 9.21 Å². The summed E-state index contributed by atoms with van der Waals surface area (Å²) in [5.41, 5.74) is 1.46. The van der Waals surface area contributed by atoms with E-state index < -0.39 is 14.9 Å². The van der Waals surface area contributed by atoms with E-state index in [1.54, 1.807) is 6.92 Å². The van der Waals surface area contributed by atoms with Crippen molar-refractivity contribution in [2.75, 3.05) is 39.3 Å². The summed E-state index contributed by atoms with van der Waals surface area (Å²) in [5.74, 6) is 0.818. The highest BCUT2D eigenvalue weighted by atomic mass is 32.2. The Balaban J connectivity index is 1.56. The number of benzene rings is 2. The van der Waals surface area contributed by atoms with E-state index in [9.17, 15) is 18.5 Å². The van der Waals surface area contributed by atoms with Crippen molar-refractivity contribution >= 4 is 15.7 Å². The molecule has 1 aliphatic heterocycles. The van der Waals surface area contributed by atoms with Gasteiger partial charge in [-0.1, -0.05) is 23.8 Å². The van der Waals surface area contributed by atoms with E-state index in [-0.39, 0.29) is 10.6 Å². The summed E-state index contributed by atoms with van der Waals surface area (Å²) in [5, 5.41) is 11.0. The zero-order chi connectivity index (χ0) is 21.0. The maximum Gasteiger partial charge on any atom is 0.270 e. The monoisotopic (exact) mass is 419 g/mol. The fraction of sp³-hybridized carbons (Fsp3) is 0.400. The van der Waals surface area contributed by atoms with E-state index in [1.807, 2.05) is 31.2 Å². The number of nitro groups is 1. The van der Waals surface area contributed by atoms with Crippen LogP contribution in [0.3, 0.4) is 0 Å². The Morgan fingerprint density at radius 2 is 1.69 bits per heavy atom. The molecule has 0 unspecified atom stereocenters. The van der Waals surface area contributed by atoms with Crippen LogP contribution in [0.15, 0.2) is 47.4 Å². The quantitative estimate of drug-likeness (QED) is 0.506. The summed E-state index contributed by atoms with van der Waals surface area (Å²) in [6.07, 6.45) is 0. The minimum atomic E-state index is -3.77. The Morgan fingerprint density at radius 3 is 2.31 bits per heavy atom. The van der Waals surface area contributed by atoms with Gasteiger partial charge >= 0.3 is 0 Å². The smallest absolute Gasteiger partial charge is 0.270 e. The van der Waals surface area contributed by atoms with Crippen LogP contribution in [0, 0.1) is 24.0 Å². The number of aryl methyl sites for hydroxylation is 2. The van der Waals surface area contributed by atoms with E-state index >= 15 is 0 Å². The summed E-state index contributed by atoms with van der Waals surface area (Å²) in [7, 11) is -3.77. The highest BCUT2D eigenvalue weighted by Gasteiger charge is 2.30. The van der Waals surface area contributed by atoms with Crippen LogP contribution >= 0.6 is 0 Å². The molecule has 8 nitrogen and oxygen atoms in total. The molecule has 1 saturated heterocycles. The lowest BCUT2D eigenvalue weighted by molar-refractivity contribution is -0.385. The normalized spacial score (nSPS) is 15.9. The van der Waals surface area contributed by atoms with Crippen LogP contribution < -0.4 is 4.74 Å². The van der Waals surface area contributed by atoms with Gasteiger partial charge in [0, 0.05) is 44.9 Å². The summed E-state index contributed by atoms with van der Waals surface area (Å²) in [4.78, 5) is 12.6. The molecule has 0 saturated carbocycles. The summed E-state index contributed by atoms with van der Waals surface area (Å²) < 4.78 is 33.1. The number of nitrogens with zero attached hydrogens (tertiary/aromatic N) is 3. The molecule has 9 heteroatoms. The largest absolute Gasteiger partial charge is 0.492 e. The fourth-order valence-corrected chi connectivity index (χ4v) is 4.91. The van der Waals surface area contributed by atoms with Gasteiger partial charge in [0.15, 0.2) is 0 Å². The fourth-order valence-electron chi connectivity index (χ4n) is 3.24. The first-order chi connectivity index (χ1) is 13.8. The second kappa shape index (κ2) is 8.89. The number of non-ortho nitro benzene ring substituents is 1. The third-order valence-electron chi connectivity index (χ3n) is 5.03. The summed E-state index contributed by atoms with van der Waals surface area (Å²) in [6, 6.07) is 11.8. The molecule has 0 amide bonds. The number of hydrogen-bond donors (Lipinski definition) is 0. The molecule has 0 radical (unpaired) electrons. The Morgan fingerprint density at radius 1 is 1.03 bits per heavy atom. The van der Waals surface area contributed by atoms with Crippen LogP contribution in [0.2, 0.25) is 0 Å². The molecular weight excluding hydrogens is 394 g/mol. The van der Waals surface area contributed by atoms with Gasteiger partial charge < -0.3 is 4.74 Å². The number of piperazine rings is 1. The van der Waals surface area contributed by atoms with Crippen molar-refractivity contribution in [1.29, 1.82) is 0 Å². The number of hydrogen-bond acceptors (Lipinski definition) is 6. The molecule has 2 aromatic carbocycles. The van der Waals surface area contributed by atoms with Gasteiger partial charge in [0.05, 0.1) is 9.82 Å². The first-order valence-electron chi connectivity index (χ1n) is 9.44. The Hall–Kier alpha value is -2.49. The van der Waals surface area contributed by atoms with Gasteiger partial charge in [-0.3, -0.25) is 15.0 Å². The molecule has 0 N–H and O–H groups in total. The highest BCUT2D eigenvalue weighted by Crippen LogP contribution is 2.25. The van der Waals surface area contributed by atoms with Crippen LogP contribution in [0.1, 0.15) is 11.1 Å². The molecular formula is C20H25N3O5S. The van der Waals surface area contributed by atoms with Crippen LogP contribution in [-0.4, -0.2) is 61.9 Å². The molecule has 1 heterocycles. The topological polar surface area (TPSA) is 93.0 Å². The number of rotatable bonds is 7. The molecule has 156 valence electrons. The van der Waals surface area contributed by atoms with Crippen LogP contribution in [0.5, 0.6) is 5.75 Å². The third kappa shape index (κ3) is 5.11. The van der Waals surface area contributed by atoms with E-state index in [4.69, 9.17) is 4.74 Å². The minimum Gasteiger partial charge on any atom is -0.492 e. The van der Waals surface area contributed by atoms with E-state index in [2.05, 4.69) is 4.90 Å². The van der Waals surface area contributed by atoms with Crippen LogP contribution in [0.4, 0.5) is 5.69 Å². The van der Waals surface area contributed by atoms with E-state index in [0.29, 0.717) is 44.9 Å².